The maximum atomic E-state index is 4.95. The molecule has 0 amide bonds. The zero-order valence-electron chi connectivity index (χ0n) is 19.9. The van der Waals surface area contributed by atoms with Crippen LogP contribution in [0.3, 0.4) is 0 Å². The molecule has 5 rings (SSSR count). The fraction of sp³-hybridized carbons (Fsp3) is 0.148. The van der Waals surface area contributed by atoms with Crippen molar-refractivity contribution in [3.8, 4) is 22.5 Å². The molecule has 0 aliphatic carbocycles. The lowest BCUT2D eigenvalue weighted by atomic mass is 10.1. The summed E-state index contributed by atoms with van der Waals surface area (Å²) in [5.41, 5.74) is 8.81. The summed E-state index contributed by atoms with van der Waals surface area (Å²) in [6.07, 6.45) is 11.0. The summed E-state index contributed by atoms with van der Waals surface area (Å²) >= 11 is 0. The molecule has 0 aliphatic heterocycles. The smallest absolute Gasteiger partial charge is 0.135 e. The monoisotopic (exact) mass is 462 g/mol. The topological polar surface area (TPSA) is 108 Å². The van der Waals surface area contributed by atoms with E-state index < -0.39 is 0 Å². The first kappa shape index (κ1) is 22.2. The molecule has 0 saturated heterocycles. The Morgan fingerprint density at radius 3 is 2.77 bits per heavy atom. The van der Waals surface area contributed by atoms with Gasteiger partial charge in [0.1, 0.15) is 11.2 Å². The molecule has 0 radical (unpaired) electrons. The maximum Gasteiger partial charge on any atom is 0.135 e. The second-order valence-corrected chi connectivity index (χ2v) is 8.63. The van der Waals surface area contributed by atoms with Gasteiger partial charge in [-0.2, -0.15) is 5.10 Å². The van der Waals surface area contributed by atoms with E-state index in [-0.39, 0.29) is 0 Å². The van der Waals surface area contributed by atoms with Crippen LogP contribution in [0.25, 0.3) is 50.0 Å². The van der Waals surface area contributed by atoms with Crippen LogP contribution < -0.4 is 5.32 Å². The summed E-state index contributed by atoms with van der Waals surface area (Å²) in [5, 5.41) is 12.1. The van der Waals surface area contributed by atoms with Gasteiger partial charge in [0, 0.05) is 58.6 Å². The molecule has 5 aromatic rings. The third kappa shape index (κ3) is 4.46. The average Bonchev–Trinajstić information content (AvgIpc) is 3.47. The number of nitrogens with one attached hydrogen (secondary N) is 3. The van der Waals surface area contributed by atoms with Gasteiger partial charge in [0.25, 0.3) is 0 Å². The number of rotatable bonds is 7. The Morgan fingerprint density at radius 1 is 1.11 bits per heavy atom. The first-order valence-electron chi connectivity index (χ1n) is 11.4. The van der Waals surface area contributed by atoms with Crippen LogP contribution in [0.2, 0.25) is 0 Å². The molecule has 3 N–H and O–H groups in total. The fourth-order valence-corrected chi connectivity index (χ4v) is 4.18. The highest BCUT2D eigenvalue weighted by molar-refractivity contribution is 5.99. The highest BCUT2D eigenvalue weighted by atomic mass is 15.1. The Labute approximate surface area is 203 Å². The first-order valence-corrected chi connectivity index (χ1v) is 11.4. The molecule has 8 nitrogen and oxygen atoms in total. The molecule has 174 valence electrons. The Balaban J connectivity index is 1.60. The van der Waals surface area contributed by atoms with Gasteiger partial charge in [0.05, 0.1) is 28.6 Å². The van der Waals surface area contributed by atoms with Gasteiger partial charge >= 0.3 is 0 Å². The number of aromatic amines is 2. The van der Waals surface area contributed by atoms with Gasteiger partial charge in [-0.05, 0) is 57.8 Å². The molecule has 0 spiro atoms. The number of pyridine rings is 3. The molecule has 0 aromatic carbocycles. The number of H-pyrrole nitrogens is 2. The van der Waals surface area contributed by atoms with Crippen molar-refractivity contribution in [1.29, 1.82) is 0 Å². The van der Waals surface area contributed by atoms with E-state index in [9.17, 15) is 0 Å². The number of hydrogen-bond acceptors (Lipinski definition) is 6. The van der Waals surface area contributed by atoms with E-state index in [1.54, 1.807) is 12.4 Å². The molecule has 0 fully saturated rings. The van der Waals surface area contributed by atoms with E-state index in [0.717, 1.165) is 61.4 Å². The van der Waals surface area contributed by atoms with Crippen LogP contribution in [-0.2, 0) is 0 Å². The van der Waals surface area contributed by atoms with Crippen molar-refractivity contribution in [2.24, 2.45) is 4.99 Å². The molecule has 0 atom stereocenters. The van der Waals surface area contributed by atoms with Crippen LogP contribution in [0.1, 0.15) is 26.5 Å². The highest BCUT2D eigenvalue weighted by Gasteiger charge is 2.16. The molecule has 0 bridgehead atoms. The van der Waals surface area contributed by atoms with E-state index in [1.807, 2.05) is 55.9 Å². The van der Waals surface area contributed by atoms with Crippen molar-refractivity contribution in [3.63, 3.8) is 0 Å². The lowest BCUT2D eigenvalue weighted by Crippen LogP contribution is -2.20. The Kier molecular flexibility index (Phi) is 5.93. The van der Waals surface area contributed by atoms with Gasteiger partial charge in [-0.1, -0.05) is 6.07 Å². The van der Waals surface area contributed by atoms with Gasteiger partial charge in [-0.25, -0.2) is 4.98 Å². The summed E-state index contributed by atoms with van der Waals surface area (Å²) in [5.74, 6) is 0. The Hall–Kier alpha value is -4.59. The minimum Gasteiger partial charge on any atom is -0.386 e. The SMILES string of the molecule is C=N/C=C(\C=C(/C)NC(C)C)c1ccc2[nH]nc(-c3cc4c(-c5cccnc5)cncc4[nH]3)c2n1. The van der Waals surface area contributed by atoms with E-state index in [0.29, 0.717) is 6.04 Å². The number of aromatic nitrogens is 6. The Bertz CT molecular complexity index is 1570. The number of allylic oxidation sites excluding steroid dienone is 3. The van der Waals surface area contributed by atoms with Crippen molar-refractivity contribution in [1.82, 2.24) is 35.5 Å². The van der Waals surface area contributed by atoms with Crippen molar-refractivity contribution in [2.45, 2.75) is 26.8 Å². The maximum absolute atomic E-state index is 4.95. The van der Waals surface area contributed by atoms with E-state index in [2.05, 4.69) is 62.1 Å². The molecule has 35 heavy (non-hydrogen) atoms. The zero-order valence-corrected chi connectivity index (χ0v) is 19.9. The lowest BCUT2D eigenvalue weighted by Gasteiger charge is -2.11. The lowest BCUT2D eigenvalue weighted by molar-refractivity contribution is 0.670. The van der Waals surface area contributed by atoms with Crippen LogP contribution in [-0.4, -0.2) is 42.9 Å². The molecule has 8 heteroatoms. The molecule has 5 heterocycles. The van der Waals surface area contributed by atoms with Gasteiger partial charge < -0.3 is 10.3 Å². The number of nitrogens with zero attached hydrogens (tertiary/aromatic N) is 5. The standard InChI is InChI=1S/C27H26N8/c1-16(2)31-17(3)10-19(12-28-4)22-7-8-23-26(33-22)27(35-34-23)24-11-20-21(14-30-15-25(20)32-24)18-6-5-9-29-13-18/h5-16,31-32H,4H2,1-3H3,(H,34,35)/b17-10+,19-12+. The Morgan fingerprint density at radius 2 is 2.00 bits per heavy atom. The zero-order chi connectivity index (χ0) is 24.4. The van der Waals surface area contributed by atoms with Crippen LogP contribution in [0.4, 0.5) is 0 Å². The minimum atomic E-state index is 0.327. The van der Waals surface area contributed by atoms with Crippen LogP contribution >= 0.6 is 0 Å². The molecule has 0 saturated carbocycles. The van der Waals surface area contributed by atoms with Crippen molar-refractivity contribution >= 4 is 34.2 Å². The fourth-order valence-electron chi connectivity index (χ4n) is 4.18. The molecular formula is C27H26N8. The molecule has 5 aromatic heterocycles. The first-order chi connectivity index (χ1) is 17.0. The largest absolute Gasteiger partial charge is 0.386 e. The number of fused-ring (bicyclic) bond motifs is 2. The van der Waals surface area contributed by atoms with E-state index >= 15 is 0 Å². The minimum absolute atomic E-state index is 0.327. The summed E-state index contributed by atoms with van der Waals surface area (Å²) in [6, 6.07) is 10.3. The van der Waals surface area contributed by atoms with Gasteiger partial charge in [0.15, 0.2) is 0 Å². The van der Waals surface area contributed by atoms with E-state index in [4.69, 9.17) is 4.98 Å². The van der Waals surface area contributed by atoms with Gasteiger partial charge in [-0.15, -0.1) is 0 Å². The van der Waals surface area contributed by atoms with Gasteiger partial charge in [-0.3, -0.25) is 20.1 Å². The molecular weight excluding hydrogens is 436 g/mol. The van der Waals surface area contributed by atoms with Crippen LogP contribution in [0.5, 0.6) is 0 Å². The second-order valence-electron chi connectivity index (χ2n) is 8.63. The predicted octanol–water partition coefficient (Wildman–Crippen LogP) is 5.51. The quantitative estimate of drug-likeness (QED) is 0.218. The van der Waals surface area contributed by atoms with Crippen molar-refractivity contribution in [3.05, 3.63) is 78.8 Å². The third-order valence-electron chi connectivity index (χ3n) is 5.60. The predicted molar refractivity (Wildman–Crippen MR) is 142 cm³/mol. The molecule has 0 unspecified atom stereocenters. The summed E-state index contributed by atoms with van der Waals surface area (Å²) in [4.78, 5) is 21.1. The number of aliphatic imine (C=N–C) groups is 1. The molecule has 0 aliphatic rings. The second kappa shape index (κ2) is 9.34. The summed E-state index contributed by atoms with van der Waals surface area (Å²) in [7, 11) is 0. The third-order valence-corrected chi connectivity index (χ3v) is 5.60. The normalized spacial score (nSPS) is 12.6. The van der Waals surface area contributed by atoms with E-state index in [1.165, 1.54) is 0 Å². The number of hydrogen-bond donors (Lipinski definition) is 3. The average molecular weight is 463 g/mol. The van der Waals surface area contributed by atoms with Crippen molar-refractivity contribution < 1.29 is 0 Å². The van der Waals surface area contributed by atoms with Crippen LogP contribution in [0, 0.1) is 0 Å². The summed E-state index contributed by atoms with van der Waals surface area (Å²) < 4.78 is 0. The van der Waals surface area contributed by atoms with Gasteiger partial charge in [0.2, 0.25) is 0 Å². The van der Waals surface area contributed by atoms with Crippen molar-refractivity contribution in [2.75, 3.05) is 0 Å². The highest BCUT2D eigenvalue weighted by Crippen LogP contribution is 2.33. The summed E-state index contributed by atoms with van der Waals surface area (Å²) in [6.45, 7) is 9.86. The van der Waals surface area contributed by atoms with Crippen LogP contribution in [0.15, 0.2) is 78.1 Å².